The number of ether oxygens (including phenoxy) is 3. The number of hydrogen-bond acceptors (Lipinski definition) is 9. The van der Waals surface area contributed by atoms with Gasteiger partial charge in [-0.15, -0.1) is 0 Å². The standard InChI is InChI=1S/C17H33NO8S/c1-11-15(16(23)17(24-2)13(9-19)26-11)18-8-12(20)10-25-5-3-6-27-7-4-14(21)22/h11-13,15-20,23H,3-10H2,1-2H3,(H,21,22). The van der Waals surface area contributed by atoms with Crippen molar-refractivity contribution in [2.24, 2.45) is 0 Å². The molecule has 0 aliphatic carbocycles. The summed E-state index contributed by atoms with van der Waals surface area (Å²) < 4.78 is 16.3. The Morgan fingerprint density at radius 1 is 1.37 bits per heavy atom. The summed E-state index contributed by atoms with van der Waals surface area (Å²) in [5.41, 5.74) is 0. The van der Waals surface area contributed by atoms with Crippen LogP contribution in [0.3, 0.4) is 0 Å². The van der Waals surface area contributed by atoms with Gasteiger partial charge in [-0.1, -0.05) is 0 Å². The maximum absolute atomic E-state index is 10.4. The summed E-state index contributed by atoms with van der Waals surface area (Å²) in [5.74, 6) is 0.613. The van der Waals surface area contributed by atoms with Gasteiger partial charge in [0.15, 0.2) is 0 Å². The first kappa shape index (κ1) is 24.6. The van der Waals surface area contributed by atoms with Crippen molar-refractivity contribution in [2.45, 2.75) is 56.3 Å². The Hall–Kier alpha value is -0.460. The van der Waals surface area contributed by atoms with Crippen LogP contribution < -0.4 is 5.32 Å². The number of hydrogen-bond donors (Lipinski definition) is 5. The van der Waals surface area contributed by atoms with Crippen molar-refractivity contribution >= 4 is 17.7 Å². The summed E-state index contributed by atoms with van der Waals surface area (Å²) >= 11 is 1.57. The normalized spacial score (nSPS) is 29.6. The zero-order valence-electron chi connectivity index (χ0n) is 16.0. The fourth-order valence-corrected chi connectivity index (χ4v) is 3.78. The molecule has 6 unspecified atom stereocenters. The van der Waals surface area contributed by atoms with Gasteiger partial charge in [-0.2, -0.15) is 11.8 Å². The van der Waals surface area contributed by atoms with Crippen LogP contribution in [0.1, 0.15) is 19.8 Å². The summed E-state index contributed by atoms with van der Waals surface area (Å²) in [6.07, 6.45) is -2.23. The molecule has 1 fully saturated rings. The highest BCUT2D eigenvalue weighted by Crippen LogP contribution is 2.22. The van der Waals surface area contributed by atoms with Crippen molar-refractivity contribution in [1.82, 2.24) is 5.32 Å². The first-order valence-electron chi connectivity index (χ1n) is 9.16. The first-order chi connectivity index (χ1) is 12.9. The first-order valence-corrected chi connectivity index (χ1v) is 10.3. The molecule has 0 aromatic rings. The van der Waals surface area contributed by atoms with E-state index in [4.69, 9.17) is 19.3 Å². The maximum atomic E-state index is 10.4. The number of aliphatic hydroxyl groups is 3. The van der Waals surface area contributed by atoms with Gasteiger partial charge in [-0.3, -0.25) is 4.79 Å². The van der Waals surface area contributed by atoms with Crippen molar-refractivity contribution < 1.29 is 39.4 Å². The van der Waals surface area contributed by atoms with Gasteiger partial charge in [0.25, 0.3) is 0 Å². The van der Waals surface area contributed by atoms with Crippen molar-refractivity contribution in [2.75, 3.05) is 45.0 Å². The Morgan fingerprint density at radius 2 is 2.11 bits per heavy atom. The summed E-state index contributed by atoms with van der Waals surface area (Å²) in [5, 5.41) is 41.4. The molecule has 1 rings (SSSR count). The minimum absolute atomic E-state index is 0.161. The van der Waals surface area contributed by atoms with Gasteiger partial charge in [-0.05, 0) is 19.1 Å². The molecule has 0 aromatic heterocycles. The van der Waals surface area contributed by atoms with Crippen LogP contribution in [0.25, 0.3) is 0 Å². The van der Waals surface area contributed by atoms with E-state index in [0.717, 1.165) is 12.2 Å². The topological polar surface area (TPSA) is 138 Å². The van der Waals surface area contributed by atoms with Gasteiger partial charge in [-0.25, -0.2) is 0 Å². The minimum atomic E-state index is -0.869. The number of methoxy groups -OCH3 is 1. The number of carboxylic acids is 1. The van der Waals surface area contributed by atoms with E-state index in [0.29, 0.717) is 12.4 Å². The third kappa shape index (κ3) is 9.05. The van der Waals surface area contributed by atoms with Gasteiger partial charge in [0, 0.05) is 26.0 Å². The number of rotatable bonds is 14. The third-order valence-electron chi connectivity index (χ3n) is 4.36. The fraction of sp³-hybridized carbons (Fsp3) is 0.941. The van der Waals surface area contributed by atoms with Crippen molar-refractivity contribution in [3.63, 3.8) is 0 Å². The molecule has 5 N–H and O–H groups in total. The number of carbonyl (C=O) groups is 1. The van der Waals surface area contributed by atoms with Crippen LogP contribution >= 0.6 is 11.8 Å². The summed E-state index contributed by atoms with van der Waals surface area (Å²) in [4.78, 5) is 10.4. The molecule has 0 radical (unpaired) electrons. The van der Waals surface area contributed by atoms with Crippen LogP contribution in [0.5, 0.6) is 0 Å². The number of thioether (sulfide) groups is 1. The maximum Gasteiger partial charge on any atom is 0.304 e. The molecular weight excluding hydrogens is 378 g/mol. The predicted octanol–water partition coefficient (Wildman–Crippen LogP) is -0.924. The molecule has 0 aromatic carbocycles. The number of carboxylic acid groups (broad SMARTS) is 1. The Labute approximate surface area is 164 Å². The average molecular weight is 412 g/mol. The molecular formula is C17H33NO8S. The van der Waals surface area contributed by atoms with E-state index < -0.39 is 36.4 Å². The van der Waals surface area contributed by atoms with Gasteiger partial charge < -0.3 is 40.0 Å². The molecule has 6 atom stereocenters. The van der Waals surface area contributed by atoms with E-state index in [-0.39, 0.29) is 32.3 Å². The monoisotopic (exact) mass is 411 g/mol. The van der Waals surface area contributed by atoms with Crippen molar-refractivity contribution in [3.8, 4) is 0 Å². The Balaban J connectivity index is 2.18. The molecule has 160 valence electrons. The minimum Gasteiger partial charge on any atom is -0.481 e. The second-order valence-electron chi connectivity index (χ2n) is 6.53. The van der Waals surface area contributed by atoms with Crippen molar-refractivity contribution in [3.05, 3.63) is 0 Å². The van der Waals surface area contributed by atoms with Crippen molar-refractivity contribution in [1.29, 1.82) is 0 Å². The Bertz CT molecular complexity index is 416. The predicted molar refractivity (Wildman–Crippen MR) is 101 cm³/mol. The fourth-order valence-electron chi connectivity index (χ4n) is 2.94. The molecule has 1 aliphatic rings. The average Bonchev–Trinajstić information content (AvgIpc) is 2.62. The molecule has 1 aliphatic heterocycles. The second-order valence-corrected chi connectivity index (χ2v) is 7.75. The summed E-state index contributed by atoms with van der Waals surface area (Å²) in [6, 6.07) is -0.432. The number of aliphatic carboxylic acids is 1. The third-order valence-corrected chi connectivity index (χ3v) is 5.43. The highest BCUT2D eigenvalue weighted by molar-refractivity contribution is 7.99. The Morgan fingerprint density at radius 3 is 2.74 bits per heavy atom. The molecule has 0 saturated carbocycles. The highest BCUT2D eigenvalue weighted by Gasteiger charge is 2.43. The lowest BCUT2D eigenvalue weighted by molar-refractivity contribution is -0.199. The van der Waals surface area contributed by atoms with Gasteiger partial charge >= 0.3 is 5.97 Å². The van der Waals surface area contributed by atoms with Crippen LogP contribution in [0.4, 0.5) is 0 Å². The van der Waals surface area contributed by atoms with E-state index in [9.17, 15) is 20.1 Å². The summed E-state index contributed by atoms with van der Waals surface area (Å²) in [6.45, 7) is 2.44. The molecule has 1 saturated heterocycles. The largest absolute Gasteiger partial charge is 0.481 e. The smallest absolute Gasteiger partial charge is 0.304 e. The van der Waals surface area contributed by atoms with Crippen LogP contribution in [0.2, 0.25) is 0 Å². The molecule has 1 heterocycles. The van der Waals surface area contributed by atoms with Gasteiger partial charge in [0.2, 0.25) is 0 Å². The lowest BCUT2D eigenvalue weighted by atomic mass is 9.93. The zero-order valence-corrected chi connectivity index (χ0v) is 16.8. The van der Waals surface area contributed by atoms with E-state index in [1.165, 1.54) is 7.11 Å². The lowest BCUT2D eigenvalue weighted by Crippen LogP contribution is -2.63. The van der Waals surface area contributed by atoms with Gasteiger partial charge in [0.05, 0.1) is 37.9 Å². The van der Waals surface area contributed by atoms with Gasteiger partial charge in [0.1, 0.15) is 18.3 Å². The number of nitrogens with one attached hydrogen (secondary N) is 1. The van der Waals surface area contributed by atoms with Crippen LogP contribution in [-0.4, -0.2) is 108 Å². The zero-order chi connectivity index (χ0) is 20.2. The lowest BCUT2D eigenvalue weighted by Gasteiger charge is -2.43. The van der Waals surface area contributed by atoms with Crippen LogP contribution in [-0.2, 0) is 19.0 Å². The summed E-state index contributed by atoms with van der Waals surface area (Å²) in [7, 11) is 1.45. The molecule has 27 heavy (non-hydrogen) atoms. The quantitative estimate of drug-likeness (QED) is 0.228. The molecule has 0 bridgehead atoms. The Kier molecular flexibility index (Phi) is 12.4. The number of aliphatic hydroxyl groups excluding tert-OH is 3. The molecule has 0 spiro atoms. The van der Waals surface area contributed by atoms with E-state index >= 15 is 0 Å². The van der Waals surface area contributed by atoms with E-state index in [2.05, 4.69) is 5.32 Å². The van der Waals surface area contributed by atoms with E-state index in [1.54, 1.807) is 18.7 Å². The molecule has 10 heteroatoms. The van der Waals surface area contributed by atoms with E-state index in [1.807, 2.05) is 0 Å². The molecule has 0 amide bonds. The molecule has 9 nitrogen and oxygen atoms in total. The highest BCUT2D eigenvalue weighted by atomic mass is 32.2. The second kappa shape index (κ2) is 13.7. The van der Waals surface area contributed by atoms with Crippen LogP contribution in [0.15, 0.2) is 0 Å². The van der Waals surface area contributed by atoms with Crippen LogP contribution in [0, 0.1) is 0 Å². The SMILES string of the molecule is COC1C(CO)OC(C)C(NCC(O)COCCCSCCC(=O)O)C1O.